The van der Waals surface area contributed by atoms with Gasteiger partial charge in [-0.25, -0.2) is 4.79 Å². The van der Waals surface area contributed by atoms with E-state index in [1.54, 1.807) is 30.3 Å². The molecule has 4 N–H and O–H groups in total. The van der Waals surface area contributed by atoms with Crippen molar-refractivity contribution in [1.29, 1.82) is 0 Å². The van der Waals surface area contributed by atoms with Crippen molar-refractivity contribution in [3.63, 3.8) is 0 Å². The van der Waals surface area contributed by atoms with Gasteiger partial charge in [0.1, 0.15) is 5.75 Å². The highest BCUT2D eigenvalue weighted by Crippen LogP contribution is 2.16. The van der Waals surface area contributed by atoms with E-state index in [4.69, 9.17) is 16.2 Å². The number of hydrogen-bond acceptors (Lipinski definition) is 4. The second-order valence-corrected chi connectivity index (χ2v) is 4.31. The second-order valence-electron chi connectivity index (χ2n) is 4.31. The molecule has 1 aromatic rings. The quantitative estimate of drug-likeness (QED) is 0.376. The van der Waals surface area contributed by atoms with Crippen LogP contribution in [0.25, 0.3) is 0 Å². The minimum atomic E-state index is -0.402. The monoisotopic (exact) mass is 256 g/mol. The first-order chi connectivity index (χ1) is 9.13. The molecule has 19 heavy (non-hydrogen) atoms. The Hall–Kier alpha value is -2.49. The largest absolute Gasteiger partial charge is 0.423 e. The highest BCUT2D eigenvalue weighted by molar-refractivity contribution is 5.84. The molecule has 0 amide bonds. The smallest absolute Gasteiger partial charge is 0.335 e. The van der Waals surface area contributed by atoms with Crippen molar-refractivity contribution in [1.82, 2.24) is 0 Å². The number of ether oxygens (including phenoxy) is 1. The maximum Gasteiger partial charge on any atom is 0.335 e. The minimum absolute atomic E-state index is 0.186. The Labute approximate surface area is 112 Å². The van der Waals surface area contributed by atoms with Crippen LogP contribution in [0.2, 0.25) is 0 Å². The van der Waals surface area contributed by atoms with Crippen molar-refractivity contribution < 1.29 is 9.53 Å². The number of rotatable bonds is 3. The Balaban J connectivity index is 1.88. The van der Waals surface area contributed by atoms with E-state index < -0.39 is 5.97 Å². The van der Waals surface area contributed by atoms with Crippen LogP contribution in [0, 0.1) is 5.92 Å². The second kappa shape index (κ2) is 5.91. The molecule has 1 aliphatic carbocycles. The van der Waals surface area contributed by atoms with E-state index in [0.29, 0.717) is 11.4 Å². The summed E-state index contributed by atoms with van der Waals surface area (Å²) < 4.78 is 5.14. The molecule has 1 aromatic carbocycles. The zero-order chi connectivity index (χ0) is 13.7. The number of benzene rings is 1. The van der Waals surface area contributed by atoms with Crippen LogP contribution in [-0.4, -0.2) is 5.97 Å². The van der Waals surface area contributed by atoms with E-state index in [-0.39, 0.29) is 5.92 Å². The summed E-state index contributed by atoms with van der Waals surface area (Å²) in [6.07, 6.45) is 9.76. The van der Waals surface area contributed by atoms with Gasteiger partial charge in [-0.15, -0.1) is 0 Å². The van der Waals surface area contributed by atoms with E-state index in [2.05, 4.69) is 0 Å². The molecular weight excluding hydrogens is 240 g/mol. The van der Waals surface area contributed by atoms with Crippen LogP contribution >= 0.6 is 0 Å². The number of carbonyl (C=O) groups is 1. The molecule has 0 bridgehead atoms. The Bertz CT molecular complexity index is 542. The summed E-state index contributed by atoms with van der Waals surface area (Å²) in [5, 5.41) is 0. The first-order valence-corrected chi connectivity index (χ1v) is 6.03. The molecular formula is C15H16N2O2. The van der Waals surface area contributed by atoms with Gasteiger partial charge < -0.3 is 16.2 Å². The highest BCUT2D eigenvalue weighted by Gasteiger charge is 2.05. The molecule has 2 rings (SSSR count). The first-order valence-electron chi connectivity index (χ1n) is 6.03. The third kappa shape index (κ3) is 4.03. The summed E-state index contributed by atoms with van der Waals surface area (Å²) in [5.41, 5.74) is 12.6. The lowest BCUT2D eigenvalue weighted by molar-refractivity contribution is -0.129. The van der Waals surface area contributed by atoms with Crippen molar-refractivity contribution in [2.24, 2.45) is 11.7 Å². The normalized spacial score (nSPS) is 18.3. The van der Waals surface area contributed by atoms with Gasteiger partial charge in [0.05, 0.1) is 0 Å². The fourth-order valence-corrected chi connectivity index (χ4v) is 1.68. The van der Waals surface area contributed by atoms with Gasteiger partial charge >= 0.3 is 5.97 Å². The maximum absolute atomic E-state index is 11.6. The third-order valence-corrected chi connectivity index (χ3v) is 2.74. The van der Waals surface area contributed by atoms with E-state index in [0.717, 1.165) is 12.1 Å². The topological polar surface area (TPSA) is 78.3 Å². The molecule has 0 heterocycles. The summed E-state index contributed by atoms with van der Waals surface area (Å²) in [4.78, 5) is 11.6. The molecule has 0 saturated carbocycles. The van der Waals surface area contributed by atoms with Crippen LogP contribution in [0.5, 0.6) is 5.75 Å². The average Bonchev–Trinajstić information content (AvgIpc) is 2.41. The van der Waals surface area contributed by atoms with Crippen LogP contribution in [0.1, 0.15) is 6.42 Å². The van der Waals surface area contributed by atoms with Crippen LogP contribution in [0.4, 0.5) is 5.69 Å². The van der Waals surface area contributed by atoms with E-state index >= 15 is 0 Å². The van der Waals surface area contributed by atoms with Crippen LogP contribution in [0.15, 0.2) is 60.3 Å². The summed E-state index contributed by atoms with van der Waals surface area (Å²) in [5.74, 6) is 0.263. The minimum Gasteiger partial charge on any atom is -0.423 e. The highest BCUT2D eigenvalue weighted by atomic mass is 16.5. The maximum atomic E-state index is 11.6. The fourth-order valence-electron chi connectivity index (χ4n) is 1.68. The lowest BCUT2D eigenvalue weighted by Crippen LogP contribution is -2.06. The van der Waals surface area contributed by atoms with Crippen molar-refractivity contribution in [2.45, 2.75) is 6.42 Å². The Morgan fingerprint density at radius 2 is 2.00 bits per heavy atom. The molecule has 1 atom stereocenters. The SMILES string of the molecule is NC1=CC[C@H](/C=C/C(=O)Oc2ccc(N)cc2)C=C1. The summed E-state index contributed by atoms with van der Waals surface area (Å²) in [6.45, 7) is 0. The van der Waals surface area contributed by atoms with E-state index in [1.165, 1.54) is 6.08 Å². The van der Waals surface area contributed by atoms with Crippen LogP contribution in [-0.2, 0) is 4.79 Å². The van der Waals surface area contributed by atoms with Gasteiger partial charge in [-0.2, -0.15) is 0 Å². The third-order valence-electron chi connectivity index (χ3n) is 2.74. The van der Waals surface area contributed by atoms with Gasteiger partial charge in [0, 0.05) is 17.5 Å². The molecule has 4 heteroatoms. The number of carbonyl (C=O) groups excluding carboxylic acids is 1. The zero-order valence-electron chi connectivity index (χ0n) is 10.5. The molecule has 0 fully saturated rings. The number of esters is 1. The van der Waals surface area contributed by atoms with E-state index in [1.807, 2.05) is 18.2 Å². The van der Waals surface area contributed by atoms with Gasteiger partial charge in [-0.3, -0.25) is 0 Å². The first kappa shape index (κ1) is 13.0. The molecule has 0 unspecified atom stereocenters. The Kier molecular flexibility index (Phi) is 4.03. The van der Waals surface area contributed by atoms with Gasteiger partial charge in [0.2, 0.25) is 0 Å². The molecule has 0 saturated heterocycles. The zero-order valence-corrected chi connectivity index (χ0v) is 10.5. The molecule has 0 spiro atoms. The van der Waals surface area contributed by atoms with Gasteiger partial charge in [0.25, 0.3) is 0 Å². The molecule has 0 aromatic heterocycles. The summed E-state index contributed by atoms with van der Waals surface area (Å²) in [6, 6.07) is 6.68. The Morgan fingerprint density at radius 1 is 1.26 bits per heavy atom. The number of allylic oxidation sites excluding steroid dienone is 4. The van der Waals surface area contributed by atoms with Crippen molar-refractivity contribution in [2.75, 3.05) is 5.73 Å². The van der Waals surface area contributed by atoms with Crippen molar-refractivity contribution in [3.8, 4) is 5.75 Å². The molecule has 0 radical (unpaired) electrons. The Morgan fingerprint density at radius 3 is 2.63 bits per heavy atom. The lowest BCUT2D eigenvalue weighted by Gasteiger charge is -2.09. The number of nitrogens with two attached hydrogens (primary N) is 2. The van der Waals surface area contributed by atoms with Gasteiger partial charge in [-0.1, -0.05) is 18.2 Å². The number of nitrogen functional groups attached to an aromatic ring is 1. The molecule has 1 aliphatic rings. The van der Waals surface area contributed by atoms with Crippen LogP contribution < -0.4 is 16.2 Å². The molecule has 0 aliphatic heterocycles. The summed E-state index contributed by atoms with van der Waals surface area (Å²) >= 11 is 0. The van der Waals surface area contributed by atoms with Crippen molar-refractivity contribution in [3.05, 3.63) is 60.3 Å². The number of anilines is 1. The average molecular weight is 256 g/mol. The predicted octanol–water partition coefficient (Wildman–Crippen LogP) is 2.15. The predicted molar refractivity (Wildman–Crippen MR) is 75.1 cm³/mol. The van der Waals surface area contributed by atoms with E-state index in [9.17, 15) is 4.79 Å². The number of hydrogen-bond donors (Lipinski definition) is 2. The van der Waals surface area contributed by atoms with Gasteiger partial charge in [0.15, 0.2) is 0 Å². The van der Waals surface area contributed by atoms with Gasteiger partial charge in [-0.05, 0) is 42.7 Å². The fraction of sp³-hybridized carbons (Fsp3) is 0.133. The standard InChI is InChI=1S/C15H16N2O2/c16-12-4-1-11(2-5-12)3-10-15(18)19-14-8-6-13(17)7-9-14/h1,3-11H,2,16-17H2/b10-3+/t11-/m1/s1. The molecule has 4 nitrogen and oxygen atoms in total. The van der Waals surface area contributed by atoms with Crippen LogP contribution in [0.3, 0.4) is 0 Å². The lowest BCUT2D eigenvalue weighted by atomic mass is 9.99. The van der Waals surface area contributed by atoms with Crippen molar-refractivity contribution >= 4 is 11.7 Å². The molecule has 98 valence electrons. The summed E-state index contributed by atoms with van der Waals surface area (Å²) in [7, 11) is 0.